The first-order valence-electron chi connectivity index (χ1n) is 10.7. The van der Waals surface area contributed by atoms with Crippen LogP contribution in [-0.4, -0.2) is 40.1 Å². The second-order valence-corrected chi connectivity index (χ2v) is 8.50. The van der Waals surface area contributed by atoms with Gasteiger partial charge in [0.1, 0.15) is 5.75 Å². The zero-order valence-electron chi connectivity index (χ0n) is 18.7. The largest absolute Gasteiger partial charge is 0.495 e. The maximum atomic E-state index is 12.5. The Morgan fingerprint density at radius 3 is 2.45 bits per heavy atom. The van der Waals surface area contributed by atoms with Gasteiger partial charge in [-0.05, 0) is 31.0 Å². The second kappa shape index (κ2) is 10.8. The molecule has 6 nitrogen and oxygen atoms in total. The fraction of sp³-hybridized carbons (Fsp3) is 0.192. The number of rotatable bonds is 9. The van der Waals surface area contributed by atoms with Crippen LogP contribution in [-0.2, 0) is 11.2 Å². The summed E-state index contributed by atoms with van der Waals surface area (Å²) in [5.74, 6) is 1.62. The molecule has 0 unspecified atom stereocenters. The maximum absolute atomic E-state index is 12.5. The van der Waals surface area contributed by atoms with Crippen molar-refractivity contribution in [1.29, 1.82) is 0 Å². The Morgan fingerprint density at radius 1 is 0.970 bits per heavy atom. The third-order valence-electron chi connectivity index (χ3n) is 5.18. The lowest BCUT2D eigenvalue weighted by Gasteiger charge is -2.14. The summed E-state index contributed by atoms with van der Waals surface area (Å²) in [6.45, 7) is 2.64. The van der Waals surface area contributed by atoms with Gasteiger partial charge < -0.3 is 10.1 Å². The number of benzene rings is 3. The summed E-state index contributed by atoms with van der Waals surface area (Å²) in [6.07, 6.45) is 0.798. The predicted molar refractivity (Wildman–Crippen MR) is 132 cm³/mol. The van der Waals surface area contributed by atoms with Gasteiger partial charge in [-0.1, -0.05) is 84.1 Å². The minimum absolute atomic E-state index is 0.0395. The highest BCUT2D eigenvalue weighted by Crippen LogP contribution is 2.32. The number of methoxy groups -OCH3 is 1. The zero-order valence-corrected chi connectivity index (χ0v) is 19.5. The fourth-order valence-corrected chi connectivity index (χ4v) is 4.23. The van der Waals surface area contributed by atoms with Gasteiger partial charge in [-0.15, -0.1) is 10.2 Å². The van der Waals surface area contributed by atoms with E-state index in [0.29, 0.717) is 23.3 Å². The molecular formula is C26H26N4O2S. The predicted octanol–water partition coefficient (Wildman–Crippen LogP) is 4.70. The summed E-state index contributed by atoms with van der Waals surface area (Å²) in [5.41, 5.74) is 4.14. The first kappa shape index (κ1) is 22.6. The van der Waals surface area contributed by atoms with Crippen molar-refractivity contribution in [3.05, 3.63) is 90.0 Å². The molecule has 1 aromatic heterocycles. The van der Waals surface area contributed by atoms with Crippen molar-refractivity contribution in [2.24, 2.45) is 0 Å². The first-order chi connectivity index (χ1) is 16.2. The van der Waals surface area contributed by atoms with E-state index >= 15 is 0 Å². The molecule has 0 atom stereocenters. The highest BCUT2D eigenvalue weighted by molar-refractivity contribution is 7.99. The van der Waals surface area contributed by atoms with Crippen LogP contribution in [0.2, 0.25) is 0 Å². The van der Waals surface area contributed by atoms with Crippen LogP contribution >= 0.6 is 11.8 Å². The van der Waals surface area contributed by atoms with Crippen molar-refractivity contribution in [3.63, 3.8) is 0 Å². The summed E-state index contributed by atoms with van der Waals surface area (Å²) in [7, 11) is 1.64. The van der Waals surface area contributed by atoms with Gasteiger partial charge in [-0.3, -0.25) is 9.36 Å². The molecule has 1 N–H and O–H groups in total. The van der Waals surface area contributed by atoms with Crippen LogP contribution in [0.4, 0.5) is 0 Å². The molecule has 0 aliphatic carbocycles. The average Bonchev–Trinajstić information content (AvgIpc) is 3.27. The van der Waals surface area contributed by atoms with Gasteiger partial charge in [-0.2, -0.15) is 0 Å². The molecule has 0 bridgehead atoms. The molecule has 4 rings (SSSR count). The van der Waals surface area contributed by atoms with Gasteiger partial charge in [0.2, 0.25) is 5.91 Å². The fourth-order valence-electron chi connectivity index (χ4n) is 3.46. The highest BCUT2D eigenvalue weighted by atomic mass is 32.2. The average molecular weight is 459 g/mol. The van der Waals surface area contributed by atoms with Crippen LogP contribution in [0.25, 0.3) is 17.1 Å². The van der Waals surface area contributed by atoms with Gasteiger partial charge >= 0.3 is 0 Å². The third kappa shape index (κ3) is 5.62. The second-order valence-electron chi connectivity index (χ2n) is 7.55. The molecular weight excluding hydrogens is 432 g/mol. The number of nitrogens with zero attached hydrogens (tertiary/aromatic N) is 3. The lowest BCUT2D eigenvalue weighted by Crippen LogP contribution is -2.27. The number of hydrogen-bond donors (Lipinski definition) is 1. The van der Waals surface area contributed by atoms with Gasteiger partial charge in [0.15, 0.2) is 11.0 Å². The summed E-state index contributed by atoms with van der Waals surface area (Å²) >= 11 is 1.36. The molecule has 1 amide bonds. The van der Waals surface area contributed by atoms with Crippen molar-refractivity contribution < 1.29 is 9.53 Å². The van der Waals surface area contributed by atoms with E-state index in [9.17, 15) is 4.79 Å². The minimum atomic E-state index is -0.0395. The lowest BCUT2D eigenvalue weighted by atomic mass is 10.1. The van der Waals surface area contributed by atoms with E-state index in [4.69, 9.17) is 4.74 Å². The molecule has 0 saturated carbocycles. The van der Waals surface area contributed by atoms with Gasteiger partial charge in [-0.25, -0.2) is 0 Å². The van der Waals surface area contributed by atoms with Crippen molar-refractivity contribution in [1.82, 2.24) is 20.1 Å². The molecule has 4 aromatic rings. The van der Waals surface area contributed by atoms with Crippen molar-refractivity contribution in [2.45, 2.75) is 18.5 Å². The highest BCUT2D eigenvalue weighted by Gasteiger charge is 2.19. The monoisotopic (exact) mass is 458 g/mol. The third-order valence-corrected chi connectivity index (χ3v) is 6.11. The summed E-state index contributed by atoms with van der Waals surface area (Å²) in [6, 6.07) is 26.0. The van der Waals surface area contributed by atoms with Gasteiger partial charge in [0.05, 0.1) is 18.6 Å². The van der Waals surface area contributed by atoms with Crippen LogP contribution in [0.15, 0.2) is 84.0 Å². The van der Waals surface area contributed by atoms with Gasteiger partial charge in [0.25, 0.3) is 0 Å². The zero-order chi connectivity index (χ0) is 23.0. The number of hydrogen-bond acceptors (Lipinski definition) is 5. The van der Waals surface area contributed by atoms with Crippen LogP contribution in [0.1, 0.15) is 11.1 Å². The van der Waals surface area contributed by atoms with Crippen LogP contribution in [0, 0.1) is 6.92 Å². The van der Waals surface area contributed by atoms with Crippen LogP contribution in [0.3, 0.4) is 0 Å². The minimum Gasteiger partial charge on any atom is -0.495 e. The van der Waals surface area contributed by atoms with E-state index in [2.05, 4.69) is 27.6 Å². The quantitative estimate of drug-likeness (QED) is 0.368. The van der Waals surface area contributed by atoms with Crippen LogP contribution < -0.4 is 10.1 Å². The van der Waals surface area contributed by atoms with Crippen molar-refractivity contribution in [3.8, 4) is 22.8 Å². The number of carbonyl (C=O) groups excluding carboxylic acids is 1. The Balaban J connectivity index is 1.53. The molecule has 0 fully saturated rings. The van der Waals surface area contributed by atoms with Gasteiger partial charge in [0, 0.05) is 12.1 Å². The normalized spacial score (nSPS) is 10.7. The summed E-state index contributed by atoms with van der Waals surface area (Å²) in [5, 5.41) is 12.5. The molecule has 0 aliphatic rings. The molecule has 33 heavy (non-hydrogen) atoms. The standard InChI is InChI=1S/C26H26N4O2S/c1-19-12-14-21(15-13-19)25-28-29-26(30(25)22-10-6-7-11-23(22)32-2)33-18-24(31)27-17-16-20-8-4-3-5-9-20/h3-15H,16-18H2,1-2H3,(H,27,31). The molecule has 7 heteroatoms. The topological polar surface area (TPSA) is 69.0 Å². The Morgan fingerprint density at radius 2 is 1.70 bits per heavy atom. The molecule has 3 aromatic carbocycles. The number of amides is 1. The molecule has 1 heterocycles. The van der Waals surface area contributed by atoms with E-state index in [1.54, 1.807) is 7.11 Å². The molecule has 0 radical (unpaired) electrons. The van der Waals surface area contributed by atoms with E-state index in [1.165, 1.54) is 22.9 Å². The van der Waals surface area contributed by atoms with E-state index in [0.717, 1.165) is 17.7 Å². The molecule has 0 saturated heterocycles. The van der Waals surface area contributed by atoms with Crippen LogP contribution in [0.5, 0.6) is 5.75 Å². The van der Waals surface area contributed by atoms with E-state index < -0.39 is 0 Å². The molecule has 168 valence electrons. The lowest BCUT2D eigenvalue weighted by molar-refractivity contribution is -0.118. The molecule has 0 aliphatic heterocycles. The smallest absolute Gasteiger partial charge is 0.230 e. The maximum Gasteiger partial charge on any atom is 0.230 e. The van der Waals surface area contributed by atoms with E-state index in [1.807, 2.05) is 78.2 Å². The number of carbonyl (C=O) groups is 1. The SMILES string of the molecule is COc1ccccc1-n1c(SCC(=O)NCCc2ccccc2)nnc1-c1ccc(C)cc1. The van der Waals surface area contributed by atoms with Crippen molar-refractivity contribution in [2.75, 3.05) is 19.4 Å². The number of nitrogens with one attached hydrogen (secondary N) is 1. The van der Waals surface area contributed by atoms with Crippen molar-refractivity contribution >= 4 is 17.7 Å². The van der Waals surface area contributed by atoms with E-state index in [-0.39, 0.29) is 11.7 Å². The Labute approximate surface area is 198 Å². The number of aryl methyl sites for hydroxylation is 1. The summed E-state index contributed by atoms with van der Waals surface area (Å²) in [4.78, 5) is 12.5. The number of ether oxygens (including phenoxy) is 1. The number of thioether (sulfide) groups is 1. The number of aromatic nitrogens is 3. The number of para-hydroxylation sites is 2. The Kier molecular flexibility index (Phi) is 7.42. The summed E-state index contributed by atoms with van der Waals surface area (Å²) < 4.78 is 7.54. The Bertz CT molecular complexity index is 1210. The Hall–Kier alpha value is -3.58. The molecule has 0 spiro atoms. The first-order valence-corrected chi connectivity index (χ1v) is 11.7.